The number of amides is 3. The molecule has 0 unspecified atom stereocenters. The zero-order valence-electron chi connectivity index (χ0n) is 16.1. The van der Waals surface area contributed by atoms with E-state index >= 15 is 0 Å². The van der Waals surface area contributed by atoms with Gasteiger partial charge in [-0.3, -0.25) is 4.79 Å². The molecule has 0 atom stereocenters. The van der Waals surface area contributed by atoms with E-state index in [2.05, 4.69) is 15.6 Å². The second-order valence-electron chi connectivity index (χ2n) is 7.19. The third kappa shape index (κ3) is 3.70. The van der Waals surface area contributed by atoms with Crippen LogP contribution in [0, 0.1) is 0 Å². The van der Waals surface area contributed by atoms with Crippen molar-refractivity contribution in [1.82, 2.24) is 15.2 Å². The Balaban J connectivity index is 1.48. The summed E-state index contributed by atoms with van der Waals surface area (Å²) in [5.74, 6) is -0.384. The first-order valence-electron chi connectivity index (χ1n) is 9.34. The number of hydrogen-bond donors (Lipinski definition) is 3. The quantitative estimate of drug-likeness (QED) is 0.598. The molecule has 3 N–H and O–H groups in total. The monoisotopic (exact) mass is 416 g/mol. The number of halogens is 3. The van der Waals surface area contributed by atoms with E-state index < -0.39 is 11.9 Å². The summed E-state index contributed by atoms with van der Waals surface area (Å²) in [6.45, 7) is 0.421. The van der Waals surface area contributed by atoms with Crippen LogP contribution < -0.4 is 10.6 Å². The maximum atomic E-state index is 13.4. The standard InChI is InChI=1S/C21H19F3N4O2/c1-28-11-13-10-12(6-7-16(13)27-20(28)30)19(29)25-9-8-15-14-4-2-3-5-17(14)26-18(15)21(22,23)24/h2-7,10,26H,8-9,11H2,1H3,(H,25,29)(H,27,30). The summed E-state index contributed by atoms with van der Waals surface area (Å²) in [6.07, 6.45) is -4.47. The Morgan fingerprint density at radius 1 is 1.20 bits per heavy atom. The highest BCUT2D eigenvalue weighted by atomic mass is 19.4. The van der Waals surface area contributed by atoms with Crippen LogP contribution in [0.4, 0.5) is 23.7 Å². The second kappa shape index (κ2) is 7.40. The van der Waals surface area contributed by atoms with E-state index in [-0.39, 0.29) is 30.5 Å². The summed E-state index contributed by atoms with van der Waals surface area (Å²) < 4.78 is 40.2. The van der Waals surface area contributed by atoms with Crippen molar-refractivity contribution in [3.63, 3.8) is 0 Å². The highest BCUT2D eigenvalue weighted by molar-refractivity contribution is 5.97. The molecular formula is C21H19F3N4O2. The zero-order valence-corrected chi connectivity index (χ0v) is 16.1. The van der Waals surface area contributed by atoms with Crippen LogP contribution in [0.2, 0.25) is 0 Å². The lowest BCUT2D eigenvalue weighted by atomic mass is 10.1. The van der Waals surface area contributed by atoms with Crippen LogP contribution in [0.3, 0.4) is 0 Å². The van der Waals surface area contributed by atoms with Crippen LogP contribution in [0.5, 0.6) is 0 Å². The van der Waals surface area contributed by atoms with E-state index in [0.717, 1.165) is 5.56 Å². The topological polar surface area (TPSA) is 77.2 Å². The number of hydrogen-bond acceptors (Lipinski definition) is 2. The molecule has 0 aliphatic carbocycles. The average molecular weight is 416 g/mol. The minimum atomic E-state index is -4.51. The van der Waals surface area contributed by atoms with Gasteiger partial charge in [-0.25, -0.2) is 4.79 Å². The maximum absolute atomic E-state index is 13.4. The third-order valence-corrected chi connectivity index (χ3v) is 5.12. The predicted octanol–water partition coefficient (Wildman–Crippen LogP) is 4.14. The molecule has 30 heavy (non-hydrogen) atoms. The van der Waals surface area contributed by atoms with Gasteiger partial charge >= 0.3 is 12.2 Å². The van der Waals surface area contributed by atoms with Crippen molar-refractivity contribution >= 4 is 28.5 Å². The van der Waals surface area contributed by atoms with E-state index in [4.69, 9.17) is 0 Å². The average Bonchev–Trinajstić information content (AvgIpc) is 3.08. The van der Waals surface area contributed by atoms with Crippen molar-refractivity contribution in [2.75, 3.05) is 18.9 Å². The maximum Gasteiger partial charge on any atom is 0.431 e. The Labute approximate surface area is 170 Å². The van der Waals surface area contributed by atoms with Crippen molar-refractivity contribution < 1.29 is 22.8 Å². The van der Waals surface area contributed by atoms with Crippen molar-refractivity contribution in [2.45, 2.75) is 19.1 Å². The van der Waals surface area contributed by atoms with Crippen LogP contribution in [0.1, 0.15) is 27.2 Å². The lowest BCUT2D eigenvalue weighted by Crippen LogP contribution is -2.35. The molecule has 0 radical (unpaired) electrons. The Morgan fingerprint density at radius 2 is 1.97 bits per heavy atom. The first-order chi connectivity index (χ1) is 14.2. The fraction of sp³-hybridized carbons (Fsp3) is 0.238. The van der Waals surface area contributed by atoms with Crippen LogP contribution in [0.15, 0.2) is 42.5 Å². The first kappa shape index (κ1) is 19.8. The smallest absolute Gasteiger partial charge is 0.352 e. The van der Waals surface area contributed by atoms with E-state index in [1.807, 2.05) is 0 Å². The number of para-hydroxylation sites is 1. The molecule has 2 aromatic carbocycles. The summed E-state index contributed by atoms with van der Waals surface area (Å²) in [7, 11) is 1.64. The molecule has 0 saturated carbocycles. The summed E-state index contributed by atoms with van der Waals surface area (Å²) in [5, 5.41) is 5.90. The Hall–Kier alpha value is -3.49. The van der Waals surface area contributed by atoms with Crippen LogP contribution in [-0.2, 0) is 19.1 Å². The van der Waals surface area contributed by atoms with Gasteiger partial charge in [-0.05, 0) is 41.8 Å². The number of aromatic amines is 1. The number of nitrogens with zero attached hydrogens (tertiary/aromatic N) is 1. The molecule has 1 aliphatic rings. The van der Waals surface area contributed by atoms with Gasteiger partial charge in [-0.15, -0.1) is 0 Å². The number of fused-ring (bicyclic) bond motifs is 2. The number of benzene rings is 2. The molecular weight excluding hydrogens is 397 g/mol. The molecule has 0 saturated heterocycles. The van der Waals surface area contributed by atoms with Gasteiger partial charge in [0, 0.05) is 42.3 Å². The Bertz CT molecular complexity index is 1140. The normalized spacial score (nSPS) is 13.9. The molecule has 3 amide bonds. The van der Waals surface area contributed by atoms with Crippen LogP contribution in [-0.4, -0.2) is 35.4 Å². The van der Waals surface area contributed by atoms with Crippen molar-refractivity contribution in [1.29, 1.82) is 0 Å². The highest BCUT2D eigenvalue weighted by Gasteiger charge is 2.36. The number of rotatable bonds is 4. The number of aromatic nitrogens is 1. The number of urea groups is 1. The number of alkyl halides is 3. The molecule has 156 valence electrons. The zero-order chi connectivity index (χ0) is 21.5. The van der Waals surface area contributed by atoms with Crippen LogP contribution >= 0.6 is 0 Å². The minimum Gasteiger partial charge on any atom is -0.352 e. The number of anilines is 1. The fourth-order valence-electron chi connectivity index (χ4n) is 3.63. The lowest BCUT2D eigenvalue weighted by Gasteiger charge is -2.26. The molecule has 4 rings (SSSR count). The number of carbonyl (C=O) groups is 2. The van der Waals surface area contributed by atoms with E-state index in [1.165, 1.54) is 4.90 Å². The Morgan fingerprint density at radius 3 is 2.73 bits per heavy atom. The van der Waals surface area contributed by atoms with Crippen molar-refractivity contribution in [2.24, 2.45) is 0 Å². The molecule has 0 spiro atoms. The van der Waals surface area contributed by atoms with Gasteiger partial charge in [0.25, 0.3) is 5.91 Å². The van der Waals surface area contributed by atoms with Gasteiger partial charge in [-0.1, -0.05) is 18.2 Å². The van der Waals surface area contributed by atoms with Gasteiger partial charge < -0.3 is 20.5 Å². The van der Waals surface area contributed by atoms with Gasteiger partial charge in [0.15, 0.2) is 0 Å². The molecule has 0 bridgehead atoms. The molecule has 0 fully saturated rings. The third-order valence-electron chi connectivity index (χ3n) is 5.12. The lowest BCUT2D eigenvalue weighted by molar-refractivity contribution is -0.141. The number of carbonyl (C=O) groups excluding carboxylic acids is 2. The summed E-state index contributed by atoms with van der Waals surface area (Å²) in [6, 6.07) is 11.2. The minimum absolute atomic E-state index is 0.0360. The molecule has 9 heteroatoms. The summed E-state index contributed by atoms with van der Waals surface area (Å²) >= 11 is 0. The van der Waals surface area contributed by atoms with E-state index in [9.17, 15) is 22.8 Å². The van der Waals surface area contributed by atoms with Gasteiger partial charge in [-0.2, -0.15) is 13.2 Å². The van der Waals surface area contributed by atoms with Gasteiger partial charge in [0.2, 0.25) is 0 Å². The molecule has 1 aromatic heterocycles. The van der Waals surface area contributed by atoms with Crippen LogP contribution in [0.25, 0.3) is 10.9 Å². The predicted molar refractivity (Wildman–Crippen MR) is 106 cm³/mol. The largest absolute Gasteiger partial charge is 0.431 e. The highest BCUT2D eigenvalue weighted by Crippen LogP contribution is 2.35. The summed E-state index contributed by atoms with van der Waals surface area (Å²) in [5.41, 5.74) is 1.57. The number of H-pyrrole nitrogens is 1. The summed E-state index contributed by atoms with van der Waals surface area (Å²) in [4.78, 5) is 28.1. The first-order valence-corrected chi connectivity index (χ1v) is 9.34. The molecule has 2 heterocycles. The SMILES string of the molecule is CN1Cc2cc(C(=O)NCCc3c(C(F)(F)F)[nH]c4ccccc34)ccc2NC1=O. The molecule has 3 aromatic rings. The van der Waals surface area contributed by atoms with Gasteiger partial charge in [0.1, 0.15) is 5.69 Å². The van der Waals surface area contributed by atoms with Crippen molar-refractivity contribution in [3.8, 4) is 0 Å². The molecule has 1 aliphatic heterocycles. The number of nitrogens with one attached hydrogen (secondary N) is 3. The molecule has 6 nitrogen and oxygen atoms in total. The van der Waals surface area contributed by atoms with Crippen molar-refractivity contribution in [3.05, 3.63) is 64.8 Å². The Kier molecular flexibility index (Phi) is 4.89. The second-order valence-corrected chi connectivity index (χ2v) is 7.19. The van der Waals surface area contributed by atoms with Gasteiger partial charge in [0.05, 0.1) is 0 Å². The van der Waals surface area contributed by atoms with E-state index in [0.29, 0.717) is 28.7 Å². The van der Waals surface area contributed by atoms with E-state index in [1.54, 1.807) is 49.5 Å². The fourth-order valence-corrected chi connectivity index (χ4v) is 3.63.